The maximum atomic E-state index is 7.30. The van der Waals surface area contributed by atoms with Gasteiger partial charge in [0.2, 0.25) is 0 Å². The third kappa shape index (κ3) is 25.8. The summed E-state index contributed by atoms with van der Waals surface area (Å²) in [6.45, 7) is 0. The van der Waals surface area contributed by atoms with Gasteiger partial charge < -0.3 is 0 Å². The molecule has 0 rings (SSSR count). The fourth-order valence-electron chi connectivity index (χ4n) is 15.0. The van der Waals surface area contributed by atoms with Crippen LogP contribution in [0.15, 0.2) is 0 Å². The van der Waals surface area contributed by atoms with E-state index in [0.717, 1.165) is 7.06 Å². The first-order chi connectivity index (χ1) is 40.5. The van der Waals surface area contributed by atoms with Gasteiger partial charge in [-0.05, 0) is 0 Å². The summed E-state index contributed by atoms with van der Waals surface area (Å²) in [6.07, 6.45) is -73.1. The SMILES string of the molecule is [B][B]B(B([B])[B])B(B([B])[B])B(B(B(B([B])[B])B([B])[B])B(B([B])[B])B([B])[B])P(B(B(B(B([B])[B])B([B])[B])B(B([B])[B])B([B])[B])B(B(B([B])[B])B([B])[B])B(B([B])[B])B([B])[B])B(B(B(B([B])[B])B([B])[B])B(B([B])[B])B([B])[B])B(B(B([B])[B])B([B])[B])B(B([B])[B])B([B])[B]. The van der Waals surface area contributed by atoms with Gasteiger partial charge in [0.15, 0.2) is 0 Å². The summed E-state index contributed by atoms with van der Waals surface area (Å²) in [6, 6.07) is 0. The van der Waals surface area contributed by atoms with Gasteiger partial charge in [0.25, 0.3) is 0 Å². The minimum atomic E-state index is -3.47. The Kier molecular flexibility index (Phi) is 47.1. The van der Waals surface area contributed by atoms with Crippen molar-refractivity contribution in [2.45, 2.75) is 0 Å². The van der Waals surface area contributed by atoms with Crippen molar-refractivity contribution >= 4 is 630 Å². The number of hydrogen-bond acceptors (Lipinski definition) is 0. The van der Waals surface area contributed by atoms with Crippen molar-refractivity contribution in [1.82, 2.24) is 0 Å². The molecule has 89 heavy (non-hydrogen) atoms. The molecular weight excluding hydrogens is 982 g/mol. The van der Waals surface area contributed by atoms with E-state index in [4.69, 9.17) is 348 Å². The number of hydrogen-bond donors (Lipinski definition) is 0. The lowest BCUT2D eigenvalue weighted by Crippen LogP contribution is -2.92. The third-order valence-corrected chi connectivity index (χ3v) is 22.4. The summed E-state index contributed by atoms with van der Waals surface area (Å²) in [5.41, 5.74) is 0. The molecule has 0 aromatic rings. The van der Waals surface area contributed by atoms with Crippen molar-refractivity contribution in [2.75, 3.05) is 0 Å². The van der Waals surface area contributed by atoms with E-state index in [9.17, 15) is 0 Å². The molecule has 0 fully saturated rings. The van der Waals surface area contributed by atoms with Gasteiger partial charge in [0.05, 0.1) is 18.6 Å². The van der Waals surface area contributed by atoms with Crippen LogP contribution in [0, 0.1) is 0 Å². The average molecular weight is 982 g/mol. The predicted molar refractivity (Wildman–Crippen MR) is 513 cm³/mol. The first-order valence-corrected chi connectivity index (χ1v) is 30.7. The van der Waals surface area contributed by atoms with Gasteiger partial charge in [-0.2, -0.15) is 0 Å². The maximum absolute atomic E-state index is 7.30. The Balaban J connectivity index is 13.6. The van der Waals surface area contributed by atoms with Crippen LogP contribution >= 0.6 is 7.56 Å². The summed E-state index contributed by atoms with van der Waals surface area (Å²) in [5.74, 6) is 0. The van der Waals surface area contributed by atoms with Crippen LogP contribution in [0.5, 0.6) is 0 Å². The molecular formula is B88P. The average Bonchev–Trinajstić information content (AvgIpc) is 3.31. The van der Waals surface area contributed by atoms with E-state index in [-0.39, 0.29) is 0 Å². The molecule has 91 radical (unpaired) electrons. The molecule has 0 nitrogen and oxygen atoms in total. The molecule has 0 saturated carbocycles. The van der Waals surface area contributed by atoms with Crippen LogP contribution in [0.3, 0.4) is 0 Å². The fourth-order valence-corrected chi connectivity index (χ4v) is 21.0. The number of rotatable bonds is 43. The largest absolute Gasteiger partial charge is 0.253 e. The van der Waals surface area contributed by atoms with Crippen LogP contribution in [-0.2, 0) is 0 Å². The molecule has 89 heteroatoms. The van der Waals surface area contributed by atoms with Gasteiger partial charge in [0.1, 0.15) is 0 Å². The van der Waals surface area contributed by atoms with Crippen LogP contribution in [0.4, 0.5) is 0 Å². The zero-order valence-electron chi connectivity index (χ0n) is 51.3. The molecule has 0 aromatic heterocycles. The van der Waals surface area contributed by atoms with Crippen molar-refractivity contribution in [3.05, 3.63) is 0 Å². The highest BCUT2D eigenvalue weighted by molar-refractivity contribution is 8.64. The van der Waals surface area contributed by atoms with Gasteiger partial charge in [-0.3, -0.25) is 7.56 Å². The lowest BCUT2D eigenvalue weighted by atomic mass is 8.36. The smallest absolute Gasteiger partial charge is 0.0527 e. The lowest BCUT2D eigenvalue weighted by Gasteiger charge is -2.63. The van der Waals surface area contributed by atoms with E-state index >= 15 is 0 Å². The first kappa shape index (κ1) is 95.1. The van der Waals surface area contributed by atoms with E-state index in [1.807, 2.05) is 0 Å². The minimum absolute atomic E-state index is 1.06. The molecule has 269 valence electrons. The third-order valence-electron chi connectivity index (χ3n) is 18.3. The molecule has 0 atom stereocenters. The molecule has 0 N–H and O–H groups in total. The Bertz CT molecular complexity index is 1430. The van der Waals surface area contributed by atoms with Crippen LogP contribution in [-0.4, -0.2) is 623 Å². The Morgan fingerprint density at radius 2 is 0.236 bits per heavy atom. The summed E-state index contributed by atoms with van der Waals surface area (Å²) in [5, 5.41) is 0. The van der Waals surface area contributed by atoms with Gasteiger partial charge in [-0.25, -0.2) is 0 Å². The molecule has 0 unspecified atom stereocenters. The van der Waals surface area contributed by atoms with E-state index < -0.39 is 275 Å². The van der Waals surface area contributed by atoms with Crippen LogP contribution in [0.2, 0.25) is 0 Å². The fraction of sp³-hybridized carbons (Fsp3) is 0. The maximum Gasteiger partial charge on any atom is 0.0527 e. The molecule has 0 aliphatic rings. The second-order valence-corrected chi connectivity index (χ2v) is 27.3. The molecule has 0 amide bonds. The molecule has 0 heterocycles. The van der Waals surface area contributed by atoms with Crippen molar-refractivity contribution in [3.63, 3.8) is 0 Å². The zero-order valence-corrected chi connectivity index (χ0v) is 52.1. The normalized spacial score (nSPS) is 9.90. The summed E-state index contributed by atoms with van der Waals surface area (Å²) in [7, 11) is 312. The summed E-state index contributed by atoms with van der Waals surface area (Å²) >= 11 is 0. The van der Waals surface area contributed by atoms with Crippen molar-refractivity contribution in [2.24, 2.45) is 0 Å². The van der Waals surface area contributed by atoms with Gasteiger partial charge in [-0.15, -0.1) is 0 Å². The van der Waals surface area contributed by atoms with Crippen LogP contribution < -0.4 is 0 Å². The van der Waals surface area contributed by atoms with E-state index in [0.29, 0.717) is 0 Å². The van der Waals surface area contributed by atoms with Gasteiger partial charge in [-0.1, -0.05) is 0 Å². The van der Waals surface area contributed by atoms with Gasteiger partial charge in [0, 0.05) is 604 Å². The molecule has 0 aromatic carbocycles. The van der Waals surface area contributed by atoms with Crippen molar-refractivity contribution < 1.29 is 0 Å². The Morgan fingerprint density at radius 1 is 0.135 bits per heavy atom. The van der Waals surface area contributed by atoms with Crippen molar-refractivity contribution in [3.8, 4) is 0 Å². The van der Waals surface area contributed by atoms with E-state index in [2.05, 4.69) is 0 Å². The standard InChI is InChI=1S/B88P/c1-46-69(47(2)3)80(68(44)45)86(81(70(48(4)5)49(6)7)71(50(8)9)51(10)11)89(87(82(72(52(12)13)53(14)15)73(54(16)17)55(18)19)83(74(56(20)21)57(22)23)75(58(24)25)59(26)27)88(84(76(60(28)29)61(30)31)77(62(32)33)63(34)35)85(78(64(36)37)65(38)39)79(66(40)41)67(42)43. The highest BCUT2D eigenvalue weighted by atomic mass is 31.1. The van der Waals surface area contributed by atoms with E-state index in [1.165, 1.54) is 0 Å². The second kappa shape index (κ2) is 44.1. The zero-order chi connectivity index (χ0) is 70.5. The summed E-state index contributed by atoms with van der Waals surface area (Å²) < 4.78 is 0. The Morgan fingerprint density at radius 3 is 0.315 bits per heavy atom. The van der Waals surface area contributed by atoms with Crippen LogP contribution in [0.25, 0.3) is 0 Å². The molecule has 0 spiro atoms. The highest BCUT2D eigenvalue weighted by Gasteiger charge is 2.66. The predicted octanol–water partition coefficient (Wildman–Crippen LogP) is -32.6. The van der Waals surface area contributed by atoms with Crippen LogP contribution in [0.1, 0.15) is 0 Å². The molecule has 0 bridgehead atoms. The quantitative estimate of drug-likeness (QED) is 0.0422. The Labute approximate surface area is 624 Å². The summed E-state index contributed by atoms with van der Waals surface area (Å²) in [4.78, 5) is 0. The highest BCUT2D eigenvalue weighted by Crippen LogP contribution is 2.53. The lowest BCUT2D eigenvalue weighted by molar-refractivity contribution is 3.21. The topological polar surface area (TPSA) is 0 Å². The second-order valence-electron chi connectivity index (χ2n) is 24.6. The molecule has 0 saturated heterocycles. The minimum Gasteiger partial charge on any atom is -0.253 e. The van der Waals surface area contributed by atoms with Crippen molar-refractivity contribution in [1.29, 1.82) is 0 Å². The van der Waals surface area contributed by atoms with E-state index in [1.54, 1.807) is 0 Å². The Hall–Kier alpha value is 6.14. The monoisotopic (exact) mass is 1000 g/mol. The molecule has 0 aliphatic carbocycles. The van der Waals surface area contributed by atoms with Gasteiger partial charge >= 0.3 is 0 Å². The molecule has 0 aliphatic heterocycles. The first-order valence-electron chi connectivity index (χ1n) is 29.1.